The number of aromatic hydroxyl groups is 1. The SMILES string of the molecule is COCC(Br)CNC(=O)c1ccc(OC)c(O)c1. The van der Waals surface area contributed by atoms with E-state index in [9.17, 15) is 9.90 Å². The first-order valence-electron chi connectivity index (χ1n) is 5.36. The number of alkyl halides is 1. The number of rotatable bonds is 6. The molecule has 0 fully saturated rings. The maximum Gasteiger partial charge on any atom is 0.251 e. The van der Waals surface area contributed by atoms with Crippen LogP contribution in [0, 0.1) is 0 Å². The van der Waals surface area contributed by atoms with Gasteiger partial charge in [-0.2, -0.15) is 0 Å². The highest BCUT2D eigenvalue weighted by Gasteiger charge is 2.11. The van der Waals surface area contributed by atoms with E-state index in [2.05, 4.69) is 21.2 Å². The Balaban J connectivity index is 2.59. The second-order valence-electron chi connectivity index (χ2n) is 3.65. The molecule has 1 atom stereocenters. The molecule has 0 spiro atoms. The Morgan fingerprint density at radius 2 is 2.22 bits per heavy atom. The molecule has 100 valence electrons. The molecule has 0 saturated carbocycles. The number of ether oxygens (including phenoxy) is 2. The molecule has 0 aliphatic carbocycles. The maximum atomic E-state index is 11.8. The molecule has 6 heteroatoms. The maximum absolute atomic E-state index is 11.8. The van der Waals surface area contributed by atoms with Crippen LogP contribution < -0.4 is 10.1 Å². The largest absolute Gasteiger partial charge is 0.504 e. The smallest absolute Gasteiger partial charge is 0.251 e. The van der Waals surface area contributed by atoms with Crippen molar-refractivity contribution in [2.24, 2.45) is 0 Å². The number of hydrogen-bond donors (Lipinski definition) is 2. The van der Waals surface area contributed by atoms with Crippen LogP contribution in [0.1, 0.15) is 10.4 Å². The first-order chi connectivity index (χ1) is 8.58. The van der Waals surface area contributed by atoms with E-state index in [1.165, 1.54) is 13.2 Å². The molecule has 1 rings (SSSR count). The Morgan fingerprint density at radius 1 is 1.50 bits per heavy atom. The zero-order valence-corrected chi connectivity index (χ0v) is 11.9. The van der Waals surface area contributed by atoms with E-state index in [1.54, 1.807) is 19.2 Å². The van der Waals surface area contributed by atoms with Gasteiger partial charge in [0.2, 0.25) is 0 Å². The van der Waals surface area contributed by atoms with Crippen molar-refractivity contribution in [1.29, 1.82) is 0 Å². The average molecular weight is 318 g/mol. The number of carbonyl (C=O) groups is 1. The third kappa shape index (κ3) is 4.19. The molecule has 18 heavy (non-hydrogen) atoms. The summed E-state index contributed by atoms with van der Waals surface area (Å²) in [7, 11) is 3.05. The van der Waals surface area contributed by atoms with Crippen LogP contribution in [0.3, 0.4) is 0 Å². The normalized spacial score (nSPS) is 11.9. The van der Waals surface area contributed by atoms with Crippen LogP contribution in [0.15, 0.2) is 18.2 Å². The van der Waals surface area contributed by atoms with Crippen molar-refractivity contribution in [3.63, 3.8) is 0 Å². The molecule has 0 aromatic heterocycles. The fraction of sp³-hybridized carbons (Fsp3) is 0.417. The number of halogens is 1. The van der Waals surface area contributed by atoms with E-state index in [1.807, 2.05) is 0 Å². The summed E-state index contributed by atoms with van der Waals surface area (Å²) in [4.78, 5) is 11.8. The summed E-state index contributed by atoms with van der Waals surface area (Å²) in [6, 6.07) is 4.51. The highest BCUT2D eigenvalue weighted by Crippen LogP contribution is 2.26. The third-order valence-corrected chi connectivity index (χ3v) is 2.86. The lowest BCUT2D eigenvalue weighted by Gasteiger charge is -2.11. The predicted octanol–water partition coefficient (Wildman–Crippen LogP) is 1.54. The lowest BCUT2D eigenvalue weighted by atomic mass is 10.2. The van der Waals surface area contributed by atoms with Crippen LogP contribution in [0.5, 0.6) is 11.5 Å². The summed E-state index contributed by atoms with van der Waals surface area (Å²) in [5, 5.41) is 12.3. The Morgan fingerprint density at radius 3 is 2.78 bits per heavy atom. The topological polar surface area (TPSA) is 67.8 Å². The Hall–Kier alpha value is -1.27. The van der Waals surface area contributed by atoms with Gasteiger partial charge in [0.05, 0.1) is 18.5 Å². The highest BCUT2D eigenvalue weighted by molar-refractivity contribution is 9.09. The monoisotopic (exact) mass is 317 g/mol. The van der Waals surface area contributed by atoms with Gasteiger partial charge in [-0.15, -0.1) is 0 Å². The molecule has 0 heterocycles. The van der Waals surface area contributed by atoms with Gasteiger partial charge in [-0.25, -0.2) is 0 Å². The molecular weight excluding hydrogens is 302 g/mol. The molecule has 1 aromatic rings. The number of phenols is 1. The zero-order chi connectivity index (χ0) is 13.5. The molecule has 0 aliphatic heterocycles. The van der Waals surface area contributed by atoms with Gasteiger partial charge in [0.15, 0.2) is 11.5 Å². The van der Waals surface area contributed by atoms with Gasteiger partial charge in [0.1, 0.15) is 0 Å². The predicted molar refractivity (Wildman–Crippen MR) is 71.6 cm³/mol. The number of phenolic OH excluding ortho intramolecular Hbond substituents is 1. The minimum Gasteiger partial charge on any atom is -0.504 e. The van der Waals surface area contributed by atoms with Gasteiger partial charge in [0, 0.05) is 19.2 Å². The van der Waals surface area contributed by atoms with Gasteiger partial charge in [-0.1, -0.05) is 15.9 Å². The van der Waals surface area contributed by atoms with E-state index in [0.717, 1.165) is 0 Å². The van der Waals surface area contributed by atoms with Crippen molar-refractivity contribution in [3.8, 4) is 11.5 Å². The molecule has 5 nitrogen and oxygen atoms in total. The summed E-state index contributed by atoms with van der Waals surface area (Å²) >= 11 is 3.37. The summed E-state index contributed by atoms with van der Waals surface area (Å²) < 4.78 is 9.84. The summed E-state index contributed by atoms with van der Waals surface area (Å²) in [5.74, 6) is 0.0234. The van der Waals surface area contributed by atoms with Gasteiger partial charge < -0.3 is 19.9 Å². The fourth-order valence-corrected chi connectivity index (χ4v) is 1.80. The van der Waals surface area contributed by atoms with Crippen LogP contribution in [-0.2, 0) is 4.74 Å². The van der Waals surface area contributed by atoms with Crippen molar-refractivity contribution in [2.75, 3.05) is 27.4 Å². The van der Waals surface area contributed by atoms with Crippen LogP contribution in [0.4, 0.5) is 0 Å². The first kappa shape index (κ1) is 14.8. The molecule has 0 aliphatic rings. The molecule has 2 N–H and O–H groups in total. The fourth-order valence-electron chi connectivity index (χ4n) is 1.38. The lowest BCUT2D eigenvalue weighted by molar-refractivity contribution is 0.0949. The first-order valence-corrected chi connectivity index (χ1v) is 6.28. The molecule has 1 amide bonds. The number of methoxy groups -OCH3 is 2. The van der Waals surface area contributed by atoms with E-state index in [-0.39, 0.29) is 16.5 Å². The van der Waals surface area contributed by atoms with Crippen molar-refractivity contribution in [2.45, 2.75) is 4.83 Å². The second-order valence-corrected chi connectivity index (χ2v) is 4.94. The van der Waals surface area contributed by atoms with Gasteiger partial charge in [0.25, 0.3) is 5.91 Å². The van der Waals surface area contributed by atoms with E-state index in [0.29, 0.717) is 24.5 Å². The van der Waals surface area contributed by atoms with E-state index >= 15 is 0 Å². The molecule has 0 saturated heterocycles. The number of hydrogen-bond acceptors (Lipinski definition) is 4. The Kier molecular flexibility index (Phi) is 5.94. The molecular formula is C12H16BrNO4. The van der Waals surface area contributed by atoms with E-state index in [4.69, 9.17) is 9.47 Å². The number of nitrogens with one attached hydrogen (secondary N) is 1. The third-order valence-electron chi connectivity index (χ3n) is 2.27. The van der Waals surface area contributed by atoms with Crippen LogP contribution in [0.2, 0.25) is 0 Å². The van der Waals surface area contributed by atoms with E-state index < -0.39 is 0 Å². The Labute approximate surface area is 114 Å². The second kappa shape index (κ2) is 7.23. The van der Waals surface area contributed by atoms with Gasteiger partial charge in [-0.05, 0) is 18.2 Å². The minimum atomic E-state index is -0.256. The van der Waals surface area contributed by atoms with Gasteiger partial charge in [-0.3, -0.25) is 4.79 Å². The molecule has 0 bridgehead atoms. The lowest BCUT2D eigenvalue weighted by Crippen LogP contribution is -2.31. The van der Waals surface area contributed by atoms with Crippen molar-refractivity contribution in [1.82, 2.24) is 5.32 Å². The zero-order valence-electron chi connectivity index (χ0n) is 10.3. The van der Waals surface area contributed by atoms with Crippen LogP contribution >= 0.6 is 15.9 Å². The van der Waals surface area contributed by atoms with Crippen molar-refractivity contribution >= 4 is 21.8 Å². The summed E-state index contributed by atoms with van der Waals surface area (Å²) in [5.41, 5.74) is 0.380. The Bertz CT molecular complexity index is 411. The summed E-state index contributed by atoms with van der Waals surface area (Å²) in [6.07, 6.45) is 0. The summed E-state index contributed by atoms with van der Waals surface area (Å²) in [6.45, 7) is 0.952. The quantitative estimate of drug-likeness (QED) is 0.781. The van der Waals surface area contributed by atoms with Gasteiger partial charge >= 0.3 is 0 Å². The number of amides is 1. The molecule has 1 aromatic carbocycles. The number of carbonyl (C=O) groups excluding carboxylic acids is 1. The van der Waals surface area contributed by atoms with Crippen molar-refractivity contribution in [3.05, 3.63) is 23.8 Å². The van der Waals surface area contributed by atoms with Crippen LogP contribution in [0.25, 0.3) is 0 Å². The number of benzene rings is 1. The molecule has 1 unspecified atom stereocenters. The van der Waals surface area contributed by atoms with Crippen molar-refractivity contribution < 1.29 is 19.4 Å². The minimum absolute atomic E-state index is 0.0540. The van der Waals surface area contributed by atoms with Crippen LogP contribution in [-0.4, -0.2) is 43.2 Å². The average Bonchev–Trinajstić information content (AvgIpc) is 2.36. The standard InChI is InChI=1S/C12H16BrNO4/c1-17-7-9(13)6-14-12(16)8-3-4-11(18-2)10(15)5-8/h3-5,9,15H,6-7H2,1-2H3,(H,14,16). The molecule has 0 radical (unpaired) electrons. The highest BCUT2D eigenvalue weighted by atomic mass is 79.9.